The Hall–Kier alpha value is -1.22. The van der Waals surface area contributed by atoms with Crippen LogP contribution in [-0.2, 0) is 0 Å². The predicted molar refractivity (Wildman–Crippen MR) is 77.7 cm³/mol. The van der Waals surface area contributed by atoms with E-state index >= 15 is 0 Å². The summed E-state index contributed by atoms with van der Waals surface area (Å²) in [6.07, 6.45) is 6.61. The van der Waals surface area contributed by atoms with Gasteiger partial charge in [-0.3, -0.25) is 0 Å². The lowest BCUT2D eigenvalue weighted by Crippen LogP contribution is -2.19. The highest BCUT2D eigenvalue weighted by atomic mass is 16.7. The summed E-state index contributed by atoms with van der Waals surface area (Å²) in [7, 11) is 0. The van der Waals surface area contributed by atoms with E-state index < -0.39 is 0 Å². The SMILES string of the molecule is CCCCCCCNC(C)c1ccc2c(c1)OCO2. The zero-order valence-corrected chi connectivity index (χ0v) is 12.1. The molecule has 1 aliphatic rings. The first kappa shape index (κ1) is 14.2. The smallest absolute Gasteiger partial charge is 0.231 e. The summed E-state index contributed by atoms with van der Waals surface area (Å²) >= 11 is 0. The standard InChI is InChI=1S/C16H25NO2/c1-3-4-5-6-7-10-17-13(2)14-8-9-15-16(11-14)19-12-18-15/h8-9,11,13,17H,3-7,10,12H2,1-2H3. The number of rotatable bonds is 8. The van der Waals surface area contributed by atoms with Crippen LogP contribution in [-0.4, -0.2) is 13.3 Å². The van der Waals surface area contributed by atoms with Gasteiger partial charge in [0.2, 0.25) is 6.79 Å². The van der Waals surface area contributed by atoms with E-state index in [4.69, 9.17) is 9.47 Å². The first-order valence-corrected chi connectivity index (χ1v) is 7.44. The number of fused-ring (bicyclic) bond motifs is 1. The Morgan fingerprint density at radius 2 is 1.89 bits per heavy atom. The van der Waals surface area contributed by atoms with Crippen LogP contribution in [0.15, 0.2) is 18.2 Å². The summed E-state index contributed by atoms with van der Waals surface area (Å²) in [4.78, 5) is 0. The van der Waals surface area contributed by atoms with Crippen LogP contribution >= 0.6 is 0 Å². The molecule has 1 aliphatic heterocycles. The van der Waals surface area contributed by atoms with Gasteiger partial charge in [-0.25, -0.2) is 0 Å². The molecule has 1 atom stereocenters. The highest BCUT2D eigenvalue weighted by Crippen LogP contribution is 2.34. The first-order chi connectivity index (χ1) is 9.31. The van der Waals surface area contributed by atoms with Crippen LogP contribution < -0.4 is 14.8 Å². The minimum atomic E-state index is 0.345. The Balaban J connectivity index is 1.72. The van der Waals surface area contributed by atoms with Crippen LogP contribution in [0.5, 0.6) is 11.5 Å². The average Bonchev–Trinajstić information content (AvgIpc) is 2.89. The molecule has 0 radical (unpaired) electrons. The van der Waals surface area contributed by atoms with E-state index in [0.29, 0.717) is 12.8 Å². The van der Waals surface area contributed by atoms with E-state index in [-0.39, 0.29) is 0 Å². The van der Waals surface area contributed by atoms with Crippen LogP contribution in [0.2, 0.25) is 0 Å². The fourth-order valence-corrected chi connectivity index (χ4v) is 2.35. The second-order valence-electron chi connectivity index (χ2n) is 5.20. The van der Waals surface area contributed by atoms with Crippen molar-refractivity contribution in [3.63, 3.8) is 0 Å². The molecule has 0 spiro atoms. The summed E-state index contributed by atoms with van der Waals surface area (Å²) in [5, 5.41) is 3.57. The molecule has 0 fully saturated rings. The van der Waals surface area contributed by atoms with Gasteiger partial charge in [-0.05, 0) is 37.6 Å². The molecular weight excluding hydrogens is 238 g/mol. The zero-order valence-electron chi connectivity index (χ0n) is 12.1. The molecule has 106 valence electrons. The topological polar surface area (TPSA) is 30.5 Å². The largest absolute Gasteiger partial charge is 0.454 e. The maximum Gasteiger partial charge on any atom is 0.231 e. The summed E-state index contributed by atoms with van der Waals surface area (Å²) < 4.78 is 10.7. The Labute approximate surface area is 116 Å². The lowest BCUT2D eigenvalue weighted by Gasteiger charge is -2.14. The zero-order chi connectivity index (χ0) is 13.5. The lowest BCUT2D eigenvalue weighted by atomic mass is 10.1. The van der Waals surface area contributed by atoms with Crippen molar-refractivity contribution in [1.29, 1.82) is 0 Å². The van der Waals surface area contributed by atoms with Crippen molar-refractivity contribution < 1.29 is 9.47 Å². The van der Waals surface area contributed by atoms with Crippen molar-refractivity contribution in [3.8, 4) is 11.5 Å². The molecule has 1 N–H and O–H groups in total. The number of hydrogen-bond donors (Lipinski definition) is 1. The minimum Gasteiger partial charge on any atom is -0.454 e. The summed E-state index contributed by atoms with van der Waals surface area (Å²) in [6, 6.07) is 6.55. The molecule has 0 saturated heterocycles. The van der Waals surface area contributed by atoms with Crippen molar-refractivity contribution >= 4 is 0 Å². The van der Waals surface area contributed by atoms with Gasteiger partial charge < -0.3 is 14.8 Å². The number of nitrogens with one attached hydrogen (secondary N) is 1. The number of hydrogen-bond acceptors (Lipinski definition) is 3. The molecule has 19 heavy (non-hydrogen) atoms. The van der Waals surface area contributed by atoms with E-state index in [9.17, 15) is 0 Å². The van der Waals surface area contributed by atoms with Crippen molar-refractivity contribution in [2.24, 2.45) is 0 Å². The fraction of sp³-hybridized carbons (Fsp3) is 0.625. The molecular formula is C16H25NO2. The van der Waals surface area contributed by atoms with Gasteiger partial charge >= 0.3 is 0 Å². The summed E-state index contributed by atoms with van der Waals surface area (Å²) in [5.74, 6) is 1.73. The molecule has 0 amide bonds. The predicted octanol–water partition coefficient (Wildman–Crippen LogP) is 4.04. The second kappa shape index (κ2) is 7.39. The van der Waals surface area contributed by atoms with Crippen LogP contribution in [0, 0.1) is 0 Å². The van der Waals surface area contributed by atoms with Gasteiger partial charge in [-0.15, -0.1) is 0 Å². The average molecular weight is 263 g/mol. The molecule has 3 nitrogen and oxygen atoms in total. The Kier molecular flexibility index (Phi) is 5.52. The van der Waals surface area contributed by atoms with E-state index in [1.165, 1.54) is 37.7 Å². The third kappa shape index (κ3) is 4.13. The molecule has 0 aliphatic carbocycles. The molecule has 1 heterocycles. The molecule has 0 saturated carbocycles. The highest BCUT2D eigenvalue weighted by Gasteiger charge is 2.15. The molecule has 1 unspecified atom stereocenters. The van der Waals surface area contributed by atoms with Crippen LogP contribution in [0.25, 0.3) is 0 Å². The number of ether oxygens (including phenoxy) is 2. The first-order valence-electron chi connectivity index (χ1n) is 7.44. The molecule has 3 heteroatoms. The Morgan fingerprint density at radius 3 is 2.74 bits per heavy atom. The molecule has 2 rings (SSSR count). The third-order valence-corrected chi connectivity index (χ3v) is 3.63. The van der Waals surface area contributed by atoms with Crippen molar-refractivity contribution in [1.82, 2.24) is 5.32 Å². The summed E-state index contributed by atoms with van der Waals surface area (Å²) in [6.45, 7) is 5.88. The van der Waals surface area contributed by atoms with Gasteiger partial charge in [0.1, 0.15) is 0 Å². The van der Waals surface area contributed by atoms with Crippen LogP contribution in [0.4, 0.5) is 0 Å². The van der Waals surface area contributed by atoms with Crippen LogP contribution in [0.3, 0.4) is 0 Å². The van der Waals surface area contributed by atoms with Gasteiger partial charge in [0.25, 0.3) is 0 Å². The molecule has 1 aromatic rings. The van der Waals surface area contributed by atoms with E-state index in [0.717, 1.165) is 18.0 Å². The molecule has 0 bridgehead atoms. The van der Waals surface area contributed by atoms with Gasteiger partial charge in [0.05, 0.1) is 0 Å². The lowest BCUT2D eigenvalue weighted by molar-refractivity contribution is 0.174. The van der Waals surface area contributed by atoms with E-state index in [2.05, 4.69) is 31.3 Å². The van der Waals surface area contributed by atoms with E-state index in [1.807, 2.05) is 6.07 Å². The minimum absolute atomic E-state index is 0.345. The van der Waals surface area contributed by atoms with Crippen molar-refractivity contribution in [3.05, 3.63) is 23.8 Å². The van der Waals surface area contributed by atoms with Crippen molar-refractivity contribution in [2.75, 3.05) is 13.3 Å². The van der Waals surface area contributed by atoms with Gasteiger partial charge in [0.15, 0.2) is 11.5 Å². The molecule has 0 aromatic heterocycles. The monoisotopic (exact) mass is 263 g/mol. The molecule has 1 aromatic carbocycles. The van der Waals surface area contributed by atoms with Gasteiger partial charge in [-0.2, -0.15) is 0 Å². The normalized spacial score (nSPS) is 14.6. The highest BCUT2D eigenvalue weighted by molar-refractivity contribution is 5.45. The number of benzene rings is 1. The van der Waals surface area contributed by atoms with E-state index in [1.54, 1.807) is 0 Å². The third-order valence-electron chi connectivity index (χ3n) is 3.63. The number of unbranched alkanes of at least 4 members (excludes halogenated alkanes) is 4. The van der Waals surface area contributed by atoms with Crippen molar-refractivity contribution in [2.45, 2.75) is 52.0 Å². The Morgan fingerprint density at radius 1 is 1.11 bits per heavy atom. The fourth-order valence-electron chi connectivity index (χ4n) is 2.35. The maximum absolute atomic E-state index is 5.41. The van der Waals surface area contributed by atoms with Gasteiger partial charge in [0, 0.05) is 6.04 Å². The maximum atomic E-state index is 5.41. The van der Waals surface area contributed by atoms with Gasteiger partial charge in [-0.1, -0.05) is 38.7 Å². The second-order valence-corrected chi connectivity index (χ2v) is 5.20. The summed E-state index contributed by atoms with van der Waals surface area (Å²) in [5.41, 5.74) is 1.26. The van der Waals surface area contributed by atoms with Crippen LogP contribution in [0.1, 0.15) is 57.6 Å². The Bertz CT molecular complexity index is 392. The quantitative estimate of drug-likeness (QED) is 0.718.